The molecule has 4 bridgehead atoms. The van der Waals surface area contributed by atoms with E-state index < -0.39 is 0 Å². The molecule has 1 amide bonds. The van der Waals surface area contributed by atoms with Crippen molar-refractivity contribution in [2.24, 2.45) is 5.41 Å². The van der Waals surface area contributed by atoms with Crippen molar-refractivity contribution in [1.82, 2.24) is 64.5 Å². The average molecular weight is 1810 g/mol. The van der Waals surface area contributed by atoms with E-state index in [9.17, 15) is 4.79 Å². The zero-order valence-corrected chi connectivity index (χ0v) is 90.3. The van der Waals surface area contributed by atoms with E-state index in [-0.39, 0.29) is 67.3 Å². The van der Waals surface area contributed by atoms with Gasteiger partial charge in [0.05, 0.1) is 129 Å². The molecule has 127 heavy (non-hydrogen) atoms. The molecule has 2 N–H and O–H groups in total. The van der Waals surface area contributed by atoms with Crippen molar-refractivity contribution >= 4 is 5.91 Å². The lowest BCUT2D eigenvalue weighted by atomic mass is 9.94. The predicted octanol–water partition coefficient (Wildman–Crippen LogP) is 15.2. The number of nitrogens with one attached hydrogen (secondary N) is 2. The van der Waals surface area contributed by atoms with Crippen LogP contribution in [0.2, 0.25) is 0 Å². The summed E-state index contributed by atoms with van der Waals surface area (Å²) in [7, 11) is 0. The van der Waals surface area contributed by atoms with Gasteiger partial charge in [0, 0.05) is 211 Å². The number of carbonyl (C=O) groups excluding carboxylic acids is 1. The van der Waals surface area contributed by atoms with E-state index in [0.29, 0.717) is 36.4 Å². The van der Waals surface area contributed by atoms with Crippen LogP contribution in [0.15, 0.2) is 0 Å². The molecule has 9 rings (SSSR count). The third kappa shape index (κ3) is 58.1. The van der Waals surface area contributed by atoms with Gasteiger partial charge in [-0.1, -0.05) is 20.8 Å². The van der Waals surface area contributed by atoms with Gasteiger partial charge in [-0.15, -0.1) is 0 Å². The van der Waals surface area contributed by atoms with Crippen LogP contribution in [-0.4, -0.2) is 412 Å². The van der Waals surface area contributed by atoms with Crippen LogP contribution in [0.5, 0.6) is 0 Å². The highest BCUT2D eigenvalue weighted by molar-refractivity contribution is 5.78. The molecule has 0 spiro atoms. The lowest BCUT2D eigenvalue weighted by molar-refractivity contribution is -0.123. The lowest BCUT2D eigenvalue weighted by Gasteiger charge is -2.42. The topological polar surface area (TPSA) is 169 Å². The number of rotatable bonds is 33. The van der Waals surface area contributed by atoms with Gasteiger partial charge in [0.1, 0.15) is 0 Å². The summed E-state index contributed by atoms with van der Waals surface area (Å²) in [6, 6.07) is 4.03. The molecule has 1 unspecified atom stereocenters. The molecule has 24 nitrogen and oxygen atoms in total. The molecule has 1 saturated carbocycles. The van der Waals surface area contributed by atoms with Crippen LogP contribution in [0.4, 0.5) is 0 Å². The van der Waals surface area contributed by atoms with E-state index in [4.69, 9.17) is 47.4 Å². The summed E-state index contributed by atoms with van der Waals surface area (Å²) < 4.78 is 58.9. The van der Waals surface area contributed by atoms with Gasteiger partial charge in [0.15, 0.2) is 0 Å². The first-order chi connectivity index (χ1) is 58.2. The number of ether oxygens (including phenoxy) is 10. The Labute approximate surface area is 784 Å². The Bertz CT molecular complexity index is 2710. The Balaban J connectivity index is 0.000000320. The third-order valence-corrected chi connectivity index (χ3v) is 24.3. The van der Waals surface area contributed by atoms with Crippen LogP contribution in [0.3, 0.4) is 0 Å². The Morgan fingerprint density at radius 1 is 0.323 bits per heavy atom. The first-order valence-corrected chi connectivity index (χ1v) is 50.7. The quantitative estimate of drug-likeness (QED) is 0.0636. The normalized spacial score (nSPS) is 24.0. The number of fused-ring (bicyclic) bond motifs is 4. The van der Waals surface area contributed by atoms with E-state index in [0.717, 1.165) is 221 Å². The van der Waals surface area contributed by atoms with Crippen LogP contribution in [0.25, 0.3) is 0 Å². The number of amides is 1. The first kappa shape index (κ1) is 118. The summed E-state index contributed by atoms with van der Waals surface area (Å²) in [5.41, 5.74) is 0.447. The Morgan fingerprint density at radius 2 is 0.614 bits per heavy atom. The fourth-order valence-electron chi connectivity index (χ4n) is 17.5. The Kier molecular flexibility index (Phi) is 50.2. The first-order valence-electron chi connectivity index (χ1n) is 50.7. The second-order valence-corrected chi connectivity index (χ2v) is 50.4. The van der Waals surface area contributed by atoms with Crippen LogP contribution in [0, 0.1) is 5.41 Å². The maximum atomic E-state index is 12.0. The van der Waals surface area contributed by atoms with Gasteiger partial charge in [-0.3, -0.25) is 53.8 Å². The van der Waals surface area contributed by atoms with Crippen LogP contribution in [-0.2, 0) is 52.2 Å². The van der Waals surface area contributed by atoms with E-state index in [1.54, 1.807) is 0 Å². The van der Waals surface area contributed by atoms with Gasteiger partial charge in [0.2, 0.25) is 5.91 Å². The van der Waals surface area contributed by atoms with E-state index >= 15 is 0 Å². The molecule has 9 aliphatic rings. The number of nitrogens with zero attached hydrogens (tertiary/aromatic N) is 11. The van der Waals surface area contributed by atoms with Crippen molar-refractivity contribution in [2.45, 2.75) is 417 Å². The highest BCUT2D eigenvalue weighted by atomic mass is 16.5. The molecular formula is C103H211N13O11. The molecule has 5 atom stereocenters. The van der Waals surface area contributed by atoms with Crippen molar-refractivity contribution in [2.75, 3.05) is 243 Å². The van der Waals surface area contributed by atoms with Gasteiger partial charge in [-0.25, -0.2) is 0 Å². The summed E-state index contributed by atoms with van der Waals surface area (Å²) in [4.78, 5) is 39.8. The summed E-state index contributed by atoms with van der Waals surface area (Å²) in [5.74, 6) is 0.137. The number of piperidine rings is 1. The van der Waals surface area contributed by atoms with E-state index in [1.165, 1.54) is 91.1 Å². The largest absolute Gasteiger partial charge is 0.377 e. The second kappa shape index (κ2) is 54.1. The number of hydrogen-bond donors (Lipinski definition) is 2. The Hall–Kier alpha value is -1.41. The van der Waals surface area contributed by atoms with Crippen molar-refractivity contribution in [3.8, 4) is 0 Å². The number of likely N-dealkylation sites (tertiary alicyclic amines) is 5. The molecule has 8 aliphatic heterocycles. The van der Waals surface area contributed by atoms with Crippen molar-refractivity contribution in [3.05, 3.63) is 0 Å². The van der Waals surface area contributed by atoms with Crippen molar-refractivity contribution in [3.63, 3.8) is 0 Å². The Morgan fingerprint density at radius 3 is 0.906 bits per heavy atom. The molecule has 0 aromatic heterocycles. The van der Waals surface area contributed by atoms with E-state index in [1.807, 2.05) is 0 Å². The zero-order chi connectivity index (χ0) is 95.9. The fraction of sp³-hybridized carbons (Fsp3) is 0.990. The third-order valence-electron chi connectivity index (χ3n) is 24.3. The highest BCUT2D eigenvalue weighted by Gasteiger charge is 2.45. The monoisotopic (exact) mass is 1810 g/mol. The standard InChI is InChI=1S/C20H40N2O2.C18H37N3O2.2C17H34N2O2.C16H34N2O2.C15H32N2O/c1-19(2,3)22-13-11-21(12-14-22)15-16-23-17-7-9-18(10-8-17)24-20(4,5)6;1-15(13-23-18(5,6)7)21-10-8-20(9-11-21)12-16(22)19-14-17(2,3)4;2*1-16(2,3)20-9-7-18-12-15-11-14(18)13-19(15)8-10-21-17(4,5)6;1-15(2,3)19-13-11-17-7-9-18(10-8-17)12-14-20-16(4,5)6;1-14(2,3)16-13-7-9-17(10-8-13)11-12-18-15(4,5)6/h17-18H,7-16H2,1-6H3;15H,8-14H2,1-7H3,(H,19,22);2*14-15H,7-13H2,1-6H3;7-14H2,1-6H3;13,16H,7-12H2,1-6H3/t;;2*14-,15-;;/m..10../s1. The molecule has 24 heteroatoms. The summed E-state index contributed by atoms with van der Waals surface area (Å²) >= 11 is 0. The molecule has 0 aromatic rings. The number of piperazine rings is 5. The molecule has 9 fully saturated rings. The summed E-state index contributed by atoms with van der Waals surface area (Å²) in [5, 5.41) is 6.73. The van der Waals surface area contributed by atoms with Gasteiger partial charge in [-0.05, 0) is 305 Å². The predicted molar refractivity (Wildman–Crippen MR) is 532 cm³/mol. The minimum absolute atomic E-state index is 0.00782. The van der Waals surface area contributed by atoms with Gasteiger partial charge < -0.3 is 62.9 Å². The zero-order valence-electron chi connectivity index (χ0n) is 90.3. The maximum Gasteiger partial charge on any atom is 0.234 e. The summed E-state index contributed by atoms with van der Waals surface area (Å²) in [6.45, 7) is 117. The van der Waals surface area contributed by atoms with Crippen LogP contribution >= 0.6 is 0 Å². The van der Waals surface area contributed by atoms with Crippen molar-refractivity contribution < 1.29 is 52.2 Å². The van der Waals surface area contributed by atoms with Crippen LogP contribution < -0.4 is 10.6 Å². The SMILES string of the molecule is CC(C)(C)NC1CCN(CCOC(C)(C)C)CC1.CC(C)(C)OC1CCC(OCCN2CCN(C(C)(C)C)CC2)CC1.CC(C)(C)OCCN1CCN(CCOC(C)(C)C)CC1.CC(C)(C)OCCN1C[C@@H]2C[C@H]1CN2CCOC(C)(C)C.CC(C)(C)OCCN1C[C@H]2C[C@@H]1CN2CCOC(C)(C)C.CC(COC(C)(C)C)N1CCN(CC(=O)NCC(C)(C)C)CC1. The minimum atomic E-state index is -0.0821. The molecule has 1 aliphatic carbocycles. The fourth-order valence-corrected chi connectivity index (χ4v) is 17.5. The number of hydrogen-bond acceptors (Lipinski definition) is 23. The lowest BCUT2D eigenvalue weighted by Crippen LogP contribution is -2.53. The molecule has 8 saturated heterocycles. The number of carbonyl (C=O) groups is 1. The second-order valence-electron chi connectivity index (χ2n) is 50.4. The van der Waals surface area contributed by atoms with Gasteiger partial charge in [0.25, 0.3) is 0 Å². The molecule has 0 radical (unpaired) electrons. The minimum Gasteiger partial charge on any atom is -0.377 e. The van der Waals surface area contributed by atoms with Gasteiger partial charge in [-0.2, -0.15) is 0 Å². The van der Waals surface area contributed by atoms with Crippen LogP contribution in [0.1, 0.15) is 308 Å². The maximum absolute atomic E-state index is 12.0. The van der Waals surface area contributed by atoms with Crippen molar-refractivity contribution in [1.29, 1.82) is 0 Å². The molecule has 0 aromatic carbocycles. The average Bonchev–Trinajstić information content (AvgIpc) is 1.65. The molecule has 754 valence electrons. The smallest absolute Gasteiger partial charge is 0.234 e. The molecular weight excluding hydrogens is 1600 g/mol. The van der Waals surface area contributed by atoms with Gasteiger partial charge >= 0.3 is 0 Å². The molecule has 8 heterocycles. The highest BCUT2D eigenvalue weighted by Crippen LogP contribution is 2.33. The summed E-state index contributed by atoms with van der Waals surface area (Å²) in [6.07, 6.45) is 10.6. The van der Waals surface area contributed by atoms with E-state index in [2.05, 4.69) is 321 Å².